The summed E-state index contributed by atoms with van der Waals surface area (Å²) in [4.78, 5) is 13.5. The van der Waals surface area contributed by atoms with Crippen LogP contribution in [0.15, 0.2) is 0 Å². The molecule has 0 unspecified atom stereocenters. The molecule has 0 aliphatic carbocycles. The Kier molecular flexibility index (Phi) is 3.85. The minimum atomic E-state index is -2.97. The lowest BCUT2D eigenvalue weighted by Gasteiger charge is -2.32. The molecule has 2 aliphatic heterocycles. The Morgan fingerprint density at radius 1 is 1.41 bits per heavy atom. The van der Waals surface area contributed by atoms with E-state index in [1.807, 2.05) is 0 Å². The van der Waals surface area contributed by atoms with Gasteiger partial charge in [0.1, 0.15) is 5.60 Å². The van der Waals surface area contributed by atoms with E-state index in [9.17, 15) is 13.6 Å². The summed E-state index contributed by atoms with van der Waals surface area (Å²) in [6.45, 7) is 6.57. The SMILES string of the molecule is [2H]C1([2H])C[C@@H]2NCC(F)(F)[C@@H]2N1CCC(C)(C)C(=O)OC(C)(C)C. The summed E-state index contributed by atoms with van der Waals surface area (Å²) >= 11 is 0. The summed E-state index contributed by atoms with van der Waals surface area (Å²) < 4.78 is 49.8. The third-order valence-corrected chi connectivity index (χ3v) is 4.19. The zero-order valence-electron chi connectivity index (χ0n) is 16.0. The maximum Gasteiger partial charge on any atom is 0.312 e. The number of nitrogens with one attached hydrogen (secondary N) is 1. The Morgan fingerprint density at radius 2 is 2.05 bits per heavy atom. The second-order valence-electron chi connectivity index (χ2n) is 7.88. The van der Waals surface area contributed by atoms with E-state index in [0.717, 1.165) is 0 Å². The van der Waals surface area contributed by atoms with Crippen LogP contribution in [0, 0.1) is 5.41 Å². The second-order valence-corrected chi connectivity index (χ2v) is 7.88. The normalized spacial score (nSPS) is 32.3. The number of esters is 1. The lowest BCUT2D eigenvalue weighted by Crippen LogP contribution is -2.46. The highest BCUT2D eigenvalue weighted by Crippen LogP contribution is 2.37. The Labute approximate surface area is 134 Å². The molecule has 2 heterocycles. The van der Waals surface area contributed by atoms with Crippen molar-refractivity contribution in [3.63, 3.8) is 0 Å². The number of hydrogen-bond donors (Lipinski definition) is 1. The molecule has 2 atom stereocenters. The average molecular weight is 320 g/mol. The van der Waals surface area contributed by atoms with Crippen LogP contribution in [0.25, 0.3) is 0 Å². The van der Waals surface area contributed by atoms with Crippen LogP contribution in [0.2, 0.25) is 0 Å². The van der Waals surface area contributed by atoms with E-state index in [1.54, 1.807) is 34.6 Å². The van der Waals surface area contributed by atoms with Gasteiger partial charge in [0.25, 0.3) is 5.92 Å². The number of alkyl halides is 2. The standard InChI is InChI=1S/C16H28F2N2O2/c1-14(2,3)22-13(21)15(4,5)7-9-20-8-6-11-12(20)16(17,18)10-19-11/h11-12,19H,6-10H2,1-5H3/t11-,12+/m0/s1/i8D2. The van der Waals surface area contributed by atoms with Gasteiger partial charge in [-0.1, -0.05) is 0 Å². The highest BCUT2D eigenvalue weighted by molar-refractivity contribution is 5.76. The Hall–Kier alpha value is -0.750. The number of carbonyl (C=O) groups is 1. The molecule has 2 saturated heterocycles. The van der Waals surface area contributed by atoms with Crippen LogP contribution >= 0.6 is 0 Å². The smallest absolute Gasteiger partial charge is 0.312 e. The zero-order valence-corrected chi connectivity index (χ0v) is 14.0. The average Bonchev–Trinajstić information content (AvgIpc) is 2.78. The number of halogens is 2. The van der Waals surface area contributed by atoms with E-state index in [0.29, 0.717) is 0 Å². The molecule has 0 amide bonds. The van der Waals surface area contributed by atoms with E-state index in [4.69, 9.17) is 7.48 Å². The summed E-state index contributed by atoms with van der Waals surface area (Å²) in [6.07, 6.45) is 0.279. The van der Waals surface area contributed by atoms with Gasteiger partial charge in [-0.3, -0.25) is 9.69 Å². The van der Waals surface area contributed by atoms with E-state index >= 15 is 0 Å². The molecule has 128 valence electrons. The van der Waals surface area contributed by atoms with Gasteiger partial charge in [-0.2, -0.15) is 0 Å². The van der Waals surface area contributed by atoms with Crippen molar-refractivity contribution in [2.45, 2.75) is 71.1 Å². The summed E-state index contributed by atoms with van der Waals surface area (Å²) in [5.41, 5.74) is -1.49. The number of hydrogen-bond acceptors (Lipinski definition) is 4. The molecule has 2 rings (SSSR count). The Balaban J connectivity index is 2.07. The highest BCUT2D eigenvalue weighted by Gasteiger charge is 2.55. The molecule has 0 saturated carbocycles. The summed E-state index contributed by atoms with van der Waals surface area (Å²) in [7, 11) is 0. The fourth-order valence-electron chi connectivity index (χ4n) is 2.86. The van der Waals surface area contributed by atoms with Crippen LogP contribution < -0.4 is 5.32 Å². The molecule has 22 heavy (non-hydrogen) atoms. The fourth-order valence-corrected chi connectivity index (χ4v) is 2.86. The second kappa shape index (κ2) is 5.71. The van der Waals surface area contributed by atoms with Gasteiger partial charge in [0.2, 0.25) is 0 Å². The maximum atomic E-state index is 14.1. The van der Waals surface area contributed by atoms with Crippen LogP contribution in [-0.4, -0.2) is 54.1 Å². The number of carbonyl (C=O) groups excluding carboxylic acids is 1. The van der Waals surface area contributed by atoms with Crippen LogP contribution in [0.1, 0.15) is 50.2 Å². The van der Waals surface area contributed by atoms with Crippen molar-refractivity contribution in [1.82, 2.24) is 10.2 Å². The molecule has 0 radical (unpaired) electrons. The highest BCUT2D eigenvalue weighted by atomic mass is 19.3. The first-order chi connectivity index (χ1) is 10.7. The van der Waals surface area contributed by atoms with E-state index in [1.165, 1.54) is 4.90 Å². The van der Waals surface area contributed by atoms with Crippen LogP contribution in [0.4, 0.5) is 8.78 Å². The third kappa shape index (κ3) is 3.77. The third-order valence-electron chi connectivity index (χ3n) is 4.19. The van der Waals surface area contributed by atoms with Crippen LogP contribution in [-0.2, 0) is 9.53 Å². The molecule has 0 aromatic rings. The summed E-state index contributed by atoms with van der Waals surface area (Å²) in [6, 6.07) is -1.72. The van der Waals surface area contributed by atoms with Crippen molar-refractivity contribution in [3.05, 3.63) is 0 Å². The van der Waals surface area contributed by atoms with Crippen molar-refractivity contribution in [1.29, 1.82) is 0 Å². The minimum Gasteiger partial charge on any atom is -0.460 e. The molecule has 6 heteroatoms. The molecule has 4 nitrogen and oxygen atoms in total. The zero-order chi connectivity index (χ0) is 18.6. The van der Waals surface area contributed by atoms with Gasteiger partial charge in [-0.05, 0) is 54.0 Å². The van der Waals surface area contributed by atoms with Crippen molar-refractivity contribution in [2.75, 3.05) is 19.6 Å². The molecule has 0 aromatic heterocycles. The summed E-state index contributed by atoms with van der Waals surface area (Å²) in [5.74, 6) is -3.37. The Bertz CT molecular complexity index is 507. The number of fused-ring (bicyclic) bond motifs is 1. The van der Waals surface area contributed by atoms with Crippen molar-refractivity contribution in [2.24, 2.45) is 5.41 Å². The van der Waals surface area contributed by atoms with Gasteiger partial charge in [-0.25, -0.2) is 8.78 Å². The first-order valence-corrected chi connectivity index (χ1v) is 7.77. The lowest BCUT2D eigenvalue weighted by atomic mass is 9.88. The van der Waals surface area contributed by atoms with Gasteiger partial charge >= 0.3 is 5.97 Å². The van der Waals surface area contributed by atoms with Gasteiger partial charge < -0.3 is 10.1 Å². The number of rotatable bonds is 4. The van der Waals surface area contributed by atoms with E-state index < -0.39 is 48.0 Å². The fraction of sp³-hybridized carbons (Fsp3) is 0.938. The van der Waals surface area contributed by atoms with Crippen molar-refractivity contribution in [3.8, 4) is 0 Å². The minimum absolute atomic E-state index is 0.0279. The molecule has 0 aromatic carbocycles. The quantitative estimate of drug-likeness (QED) is 0.808. The molecule has 0 bridgehead atoms. The van der Waals surface area contributed by atoms with E-state index in [2.05, 4.69) is 5.32 Å². The maximum absolute atomic E-state index is 14.1. The number of nitrogens with zero attached hydrogens (tertiary/aromatic N) is 1. The van der Waals surface area contributed by atoms with Crippen molar-refractivity contribution < 1.29 is 21.1 Å². The molecular weight excluding hydrogens is 290 g/mol. The van der Waals surface area contributed by atoms with Crippen LogP contribution in [0.5, 0.6) is 0 Å². The Morgan fingerprint density at radius 3 is 2.64 bits per heavy atom. The van der Waals surface area contributed by atoms with Gasteiger partial charge in [0, 0.05) is 15.3 Å². The largest absolute Gasteiger partial charge is 0.460 e. The predicted octanol–water partition coefficient (Wildman–Crippen LogP) is 2.43. The van der Waals surface area contributed by atoms with Gasteiger partial charge in [0.15, 0.2) is 0 Å². The summed E-state index contributed by atoms with van der Waals surface area (Å²) in [5, 5.41) is 2.72. The lowest BCUT2D eigenvalue weighted by molar-refractivity contribution is -0.166. The molecule has 2 fully saturated rings. The molecule has 0 spiro atoms. The monoisotopic (exact) mass is 320 g/mol. The molecule has 2 aliphatic rings. The van der Waals surface area contributed by atoms with Crippen molar-refractivity contribution >= 4 is 5.97 Å². The molecular formula is C16H28F2N2O2. The van der Waals surface area contributed by atoms with Gasteiger partial charge in [-0.15, -0.1) is 0 Å². The number of ether oxygens (including phenoxy) is 1. The first-order valence-electron chi connectivity index (χ1n) is 8.77. The van der Waals surface area contributed by atoms with E-state index in [-0.39, 0.29) is 19.4 Å². The first kappa shape index (κ1) is 14.8. The topological polar surface area (TPSA) is 41.6 Å². The van der Waals surface area contributed by atoms with Crippen LogP contribution in [0.3, 0.4) is 0 Å². The molecule has 1 N–H and O–H groups in total. The number of likely N-dealkylation sites (tertiary alicyclic amines) is 1. The van der Waals surface area contributed by atoms with Gasteiger partial charge in [0.05, 0.1) is 18.0 Å². The predicted molar refractivity (Wildman–Crippen MR) is 81.0 cm³/mol.